The highest BCUT2D eigenvalue weighted by Gasteiger charge is 2.22. The van der Waals surface area contributed by atoms with E-state index in [0.717, 1.165) is 23.4 Å². The smallest absolute Gasteiger partial charge is 0.257 e. The van der Waals surface area contributed by atoms with Gasteiger partial charge in [0.2, 0.25) is 5.91 Å². The van der Waals surface area contributed by atoms with E-state index in [2.05, 4.69) is 15.3 Å². The molecular formula is C23H23N5O2. The second-order valence-electron chi connectivity index (χ2n) is 7.34. The molecule has 0 aliphatic carbocycles. The number of likely N-dealkylation sites (N-methyl/N-ethyl adjacent to an activating group) is 1. The third-order valence-corrected chi connectivity index (χ3v) is 5.23. The lowest BCUT2D eigenvalue weighted by Crippen LogP contribution is -2.48. The highest BCUT2D eigenvalue weighted by molar-refractivity contribution is 6.04. The van der Waals surface area contributed by atoms with E-state index in [9.17, 15) is 9.59 Å². The maximum absolute atomic E-state index is 12.7. The number of benzene rings is 1. The molecule has 3 heterocycles. The molecular weight excluding hydrogens is 378 g/mol. The number of aromatic nitrogens is 2. The summed E-state index contributed by atoms with van der Waals surface area (Å²) in [6.07, 6.45) is 3.29. The Kier molecular flexibility index (Phi) is 5.43. The quantitative estimate of drug-likeness (QED) is 0.727. The molecule has 0 saturated carbocycles. The van der Waals surface area contributed by atoms with Crippen LogP contribution in [0.5, 0.6) is 0 Å². The number of carbonyl (C=O) groups excluding carboxylic acids is 2. The minimum atomic E-state index is -0.237. The monoisotopic (exact) mass is 401 g/mol. The molecule has 1 saturated heterocycles. The van der Waals surface area contributed by atoms with E-state index in [1.807, 2.05) is 48.2 Å². The van der Waals surface area contributed by atoms with E-state index in [4.69, 9.17) is 0 Å². The highest BCUT2D eigenvalue weighted by atomic mass is 16.2. The predicted molar refractivity (Wildman–Crippen MR) is 116 cm³/mol. The number of aryl methyl sites for hydroxylation is 1. The number of pyridine rings is 2. The molecule has 2 amide bonds. The van der Waals surface area contributed by atoms with Crippen LogP contribution in [0.15, 0.2) is 60.9 Å². The van der Waals surface area contributed by atoms with Gasteiger partial charge in [0.05, 0.1) is 17.8 Å². The van der Waals surface area contributed by atoms with Crippen LogP contribution in [0.3, 0.4) is 0 Å². The van der Waals surface area contributed by atoms with Crippen LogP contribution in [0.1, 0.15) is 15.9 Å². The molecule has 152 valence electrons. The summed E-state index contributed by atoms with van der Waals surface area (Å²) in [5.74, 6) is 0.521. The van der Waals surface area contributed by atoms with Gasteiger partial charge in [-0.3, -0.25) is 14.6 Å². The minimum absolute atomic E-state index is 0.0629. The molecule has 7 heteroatoms. The Balaban J connectivity index is 1.47. The van der Waals surface area contributed by atoms with Crippen LogP contribution in [0, 0.1) is 6.92 Å². The Morgan fingerprint density at radius 2 is 1.93 bits per heavy atom. The van der Waals surface area contributed by atoms with Gasteiger partial charge in [-0.05, 0) is 48.9 Å². The predicted octanol–water partition coefficient (Wildman–Crippen LogP) is 2.98. The second kappa shape index (κ2) is 8.32. The molecule has 1 fully saturated rings. The number of piperazine rings is 1. The number of rotatable bonds is 4. The molecule has 2 aromatic heterocycles. The first kappa shape index (κ1) is 19.6. The largest absolute Gasteiger partial charge is 0.346 e. The first-order valence-corrected chi connectivity index (χ1v) is 9.79. The number of hydrogen-bond donors (Lipinski definition) is 1. The summed E-state index contributed by atoms with van der Waals surface area (Å²) in [6.45, 7) is 3.70. The molecule has 0 radical (unpaired) electrons. The standard InChI is InChI=1S/C23H23N5O2/c1-16-6-8-18(13-19(16)20-5-3-4-10-24-20)26-23(30)17-7-9-21(25-14-17)28-12-11-27(2)22(29)15-28/h3-10,13-14H,11-12,15H2,1-2H3,(H,26,30). The van der Waals surface area contributed by atoms with Gasteiger partial charge >= 0.3 is 0 Å². The van der Waals surface area contributed by atoms with Crippen molar-refractivity contribution < 1.29 is 9.59 Å². The van der Waals surface area contributed by atoms with Crippen molar-refractivity contribution in [2.24, 2.45) is 0 Å². The lowest BCUT2D eigenvalue weighted by atomic mass is 10.0. The van der Waals surface area contributed by atoms with E-state index in [0.29, 0.717) is 30.2 Å². The second-order valence-corrected chi connectivity index (χ2v) is 7.34. The molecule has 0 atom stereocenters. The van der Waals surface area contributed by atoms with Crippen LogP contribution in [0.2, 0.25) is 0 Å². The van der Waals surface area contributed by atoms with E-state index >= 15 is 0 Å². The third kappa shape index (κ3) is 4.15. The average Bonchev–Trinajstić information content (AvgIpc) is 2.77. The Labute approximate surface area is 175 Å². The zero-order valence-electron chi connectivity index (χ0n) is 17.0. The first-order valence-electron chi connectivity index (χ1n) is 9.79. The van der Waals surface area contributed by atoms with Crippen molar-refractivity contribution in [3.63, 3.8) is 0 Å². The molecule has 0 spiro atoms. The Hall–Kier alpha value is -3.74. The maximum Gasteiger partial charge on any atom is 0.257 e. The number of amides is 2. The highest BCUT2D eigenvalue weighted by Crippen LogP contribution is 2.25. The van der Waals surface area contributed by atoms with Gasteiger partial charge in [0.15, 0.2) is 0 Å². The van der Waals surface area contributed by atoms with Crippen molar-refractivity contribution in [3.8, 4) is 11.3 Å². The van der Waals surface area contributed by atoms with E-state index in [-0.39, 0.29) is 11.8 Å². The van der Waals surface area contributed by atoms with Crippen LogP contribution in [-0.4, -0.2) is 53.4 Å². The third-order valence-electron chi connectivity index (χ3n) is 5.23. The van der Waals surface area contributed by atoms with Crippen molar-refractivity contribution in [2.75, 3.05) is 36.9 Å². The normalized spacial score (nSPS) is 14.0. The van der Waals surface area contributed by atoms with Crippen molar-refractivity contribution in [1.29, 1.82) is 0 Å². The molecule has 7 nitrogen and oxygen atoms in total. The van der Waals surface area contributed by atoms with Gasteiger partial charge in [0, 0.05) is 43.8 Å². The van der Waals surface area contributed by atoms with Crippen LogP contribution in [0.4, 0.5) is 11.5 Å². The van der Waals surface area contributed by atoms with Crippen LogP contribution >= 0.6 is 0 Å². The zero-order valence-corrected chi connectivity index (χ0v) is 17.0. The fourth-order valence-electron chi connectivity index (χ4n) is 3.36. The molecule has 3 aromatic rings. The average molecular weight is 401 g/mol. The van der Waals surface area contributed by atoms with Gasteiger partial charge < -0.3 is 15.1 Å². The topological polar surface area (TPSA) is 78.4 Å². The number of hydrogen-bond acceptors (Lipinski definition) is 5. The van der Waals surface area contributed by atoms with Gasteiger partial charge in [-0.15, -0.1) is 0 Å². The number of nitrogens with zero attached hydrogens (tertiary/aromatic N) is 4. The summed E-state index contributed by atoms with van der Waals surface area (Å²) < 4.78 is 0. The molecule has 1 N–H and O–H groups in total. The summed E-state index contributed by atoms with van der Waals surface area (Å²) in [7, 11) is 1.80. The van der Waals surface area contributed by atoms with E-state index in [1.165, 1.54) is 0 Å². The zero-order chi connectivity index (χ0) is 21.1. The van der Waals surface area contributed by atoms with Gasteiger partial charge in [-0.25, -0.2) is 4.98 Å². The number of nitrogens with one attached hydrogen (secondary N) is 1. The fraction of sp³-hybridized carbons (Fsp3) is 0.217. The summed E-state index contributed by atoms with van der Waals surface area (Å²) in [5, 5.41) is 2.93. The lowest BCUT2D eigenvalue weighted by molar-refractivity contribution is -0.129. The first-order chi connectivity index (χ1) is 14.5. The van der Waals surface area contributed by atoms with Gasteiger partial charge in [-0.1, -0.05) is 12.1 Å². The van der Waals surface area contributed by atoms with Crippen molar-refractivity contribution in [1.82, 2.24) is 14.9 Å². The van der Waals surface area contributed by atoms with Crippen molar-refractivity contribution in [2.45, 2.75) is 6.92 Å². The number of carbonyl (C=O) groups is 2. The summed E-state index contributed by atoms with van der Waals surface area (Å²) in [5.41, 5.74) is 4.07. The molecule has 1 aliphatic rings. The minimum Gasteiger partial charge on any atom is -0.346 e. The fourth-order valence-corrected chi connectivity index (χ4v) is 3.36. The molecule has 1 aliphatic heterocycles. The summed E-state index contributed by atoms with van der Waals surface area (Å²) in [6, 6.07) is 15.0. The number of anilines is 2. The lowest BCUT2D eigenvalue weighted by Gasteiger charge is -2.32. The van der Waals surface area contributed by atoms with E-state index in [1.54, 1.807) is 36.5 Å². The van der Waals surface area contributed by atoms with Crippen LogP contribution in [0.25, 0.3) is 11.3 Å². The Bertz CT molecular complexity index is 1070. The SMILES string of the molecule is Cc1ccc(NC(=O)c2ccc(N3CCN(C)C(=O)C3)nc2)cc1-c1ccccn1. The van der Waals surface area contributed by atoms with Crippen molar-refractivity contribution >= 4 is 23.3 Å². The maximum atomic E-state index is 12.7. The van der Waals surface area contributed by atoms with Crippen molar-refractivity contribution in [3.05, 3.63) is 72.1 Å². The Morgan fingerprint density at radius 1 is 1.07 bits per heavy atom. The van der Waals surface area contributed by atoms with Crippen LogP contribution < -0.4 is 10.2 Å². The van der Waals surface area contributed by atoms with Gasteiger partial charge in [-0.2, -0.15) is 0 Å². The van der Waals surface area contributed by atoms with Gasteiger partial charge in [0.1, 0.15) is 5.82 Å². The van der Waals surface area contributed by atoms with Crippen LogP contribution in [-0.2, 0) is 4.79 Å². The van der Waals surface area contributed by atoms with E-state index < -0.39 is 0 Å². The molecule has 0 unspecified atom stereocenters. The summed E-state index contributed by atoms with van der Waals surface area (Å²) in [4.78, 5) is 37.0. The Morgan fingerprint density at radius 3 is 2.63 bits per heavy atom. The molecule has 4 rings (SSSR count). The molecule has 0 bridgehead atoms. The molecule has 1 aromatic carbocycles. The summed E-state index contributed by atoms with van der Waals surface area (Å²) >= 11 is 0. The molecule has 30 heavy (non-hydrogen) atoms. The van der Waals surface area contributed by atoms with Gasteiger partial charge in [0.25, 0.3) is 5.91 Å².